The van der Waals surface area contributed by atoms with Gasteiger partial charge in [0.05, 0.1) is 106 Å². The summed E-state index contributed by atoms with van der Waals surface area (Å²) in [5.41, 5.74) is 0. The number of hydrogen-bond acceptors (Lipinski definition) is 9. The summed E-state index contributed by atoms with van der Waals surface area (Å²) in [5.74, 6) is 0.253. The van der Waals surface area contributed by atoms with Crippen LogP contribution >= 0.6 is 11.6 Å². The van der Waals surface area contributed by atoms with E-state index in [4.69, 9.17) is 49.5 Å². The Balaban J connectivity index is 3.02. The quantitative estimate of drug-likeness (QED) is 0.124. The Morgan fingerprint density at radius 3 is 1.17 bits per heavy atom. The van der Waals surface area contributed by atoms with E-state index in [0.29, 0.717) is 105 Å². The van der Waals surface area contributed by atoms with E-state index >= 15 is 0 Å². The van der Waals surface area contributed by atoms with Gasteiger partial charge in [-0.1, -0.05) is 0 Å². The third kappa shape index (κ3) is 25.4. The Kier molecular flexibility index (Phi) is 25.1. The number of rotatable bonds is 24. The van der Waals surface area contributed by atoms with Crippen LogP contribution in [0.15, 0.2) is 0 Å². The minimum Gasteiger partial charge on any atom is -0.466 e. The van der Waals surface area contributed by atoms with Crippen LogP contribution in [0.4, 0.5) is 0 Å². The Hall–Kier alpha value is -0.520. The lowest BCUT2D eigenvalue weighted by Gasteiger charge is -2.08. The van der Waals surface area contributed by atoms with E-state index in [1.807, 2.05) is 0 Å². The molecule has 0 aromatic carbocycles. The fraction of sp³-hybridized carbons (Fsp3) is 0.947. The first-order chi connectivity index (χ1) is 14.3. The van der Waals surface area contributed by atoms with Crippen LogP contribution in [0.5, 0.6) is 0 Å². The Labute approximate surface area is 179 Å². The molecule has 0 aromatic heterocycles. The van der Waals surface area contributed by atoms with Gasteiger partial charge in [-0.15, -0.1) is 11.6 Å². The Bertz CT molecular complexity index is 335. The summed E-state index contributed by atoms with van der Waals surface area (Å²) in [4.78, 5) is 11.1. The van der Waals surface area contributed by atoms with Crippen LogP contribution in [0.1, 0.15) is 13.3 Å². The van der Waals surface area contributed by atoms with Crippen LogP contribution in [0.3, 0.4) is 0 Å². The molecule has 10 heteroatoms. The summed E-state index contributed by atoms with van der Waals surface area (Å²) >= 11 is 5.48. The van der Waals surface area contributed by atoms with E-state index in [9.17, 15) is 4.79 Å². The lowest BCUT2D eigenvalue weighted by Crippen LogP contribution is -2.15. The van der Waals surface area contributed by atoms with E-state index in [1.165, 1.54) is 0 Å². The normalized spacial score (nSPS) is 11.1. The number of halogens is 1. The molecule has 174 valence electrons. The molecule has 0 aliphatic heterocycles. The monoisotopic (exact) mass is 444 g/mol. The average Bonchev–Trinajstić information content (AvgIpc) is 2.72. The largest absolute Gasteiger partial charge is 0.466 e. The van der Waals surface area contributed by atoms with Crippen molar-refractivity contribution in [2.45, 2.75) is 13.3 Å². The molecule has 0 atom stereocenters. The topological polar surface area (TPSA) is 90.9 Å². The van der Waals surface area contributed by atoms with Gasteiger partial charge in [-0.3, -0.25) is 4.79 Å². The maximum absolute atomic E-state index is 11.1. The first kappa shape index (κ1) is 28.5. The van der Waals surface area contributed by atoms with Crippen molar-refractivity contribution in [3.8, 4) is 0 Å². The van der Waals surface area contributed by atoms with E-state index in [1.54, 1.807) is 6.92 Å². The highest BCUT2D eigenvalue weighted by Crippen LogP contribution is 1.89. The highest BCUT2D eigenvalue weighted by Gasteiger charge is 2.00. The highest BCUT2D eigenvalue weighted by atomic mass is 35.5. The first-order valence-electron chi connectivity index (χ1n) is 10.1. The van der Waals surface area contributed by atoms with Crippen molar-refractivity contribution in [3.05, 3.63) is 0 Å². The number of esters is 1. The van der Waals surface area contributed by atoms with Gasteiger partial charge in [0.1, 0.15) is 0 Å². The van der Waals surface area contributed by atoms with E-state index in [0.717, 1.165) is 0 Å². The van der Waals surface area contributed by atoms with Crippen LogP contribution in [0, 0.1) is 0 Å². The van der Waals surface area contributed by atoms with Crippen LogP contribution in [-0.4, -0.2) is 111 Å². The number of carbonyl (C=O) groups is 1. The van der Waals surface area contributed by atoms with Crippen molar-refractivity contribution in [1.29, 1.82) is 0 Å². The van der Waals surface area contributed by atoms with E-state index in [-0.39, 0.29) is 12.4 Å². The lowest BCUT2D eigenvalue weighted by molar-refractivity contribution is -0.144. The summed E-state index contributed by atoms with van der Waals surface area (Å²) in [6.07, 6.45) is 0.265. The number of alkyl halides is 1. The third-order valence-electron chi connectivity index (χ3n) is 3.21. The molecule has 0 aliphatic carbocycles. The minimum atomic E-state index is -0.246. The predicted molar refractivity (Wildman–Crippen MR) is 108 cm³/mol. The summed E-state index contributed by atoms with van der Waals surface area (Å²) in [7, 11) is 0. The molecule has 0 saturated heterocycles. The smallest absolute Gasteiger partial charge is 0.308 e. The van der Waals surface area contributed by atoms with Crippen molar-refractivity contribution in [1.82, 2.24) is 0 Å². The molecule has 0 spiro atoms. The van der Waals surface area contributed by atoms with Gasteiger partial charge >= 0.3 is 5.97 Å². The van der Waals surface area contributed by atoms with Crippen molar-refractivity contribution in [2.75, 3.05) is 105 Å². The molecular weight excluding hydrogens is 408 g/mol. The highest BCUT2D eigenvalue weighted by molar-refractivity contribution is 6.17. The molecule has 9 nitrogen and oxygen atoms in total. The molecule has 0 heterocycles. The molecule has 0 aromatic rings. The van der Waals surface area contributed by atoms with Gasteiger partial charge < -0.3 is 37.9 Å². The third-order valence-corrected chi connectivity index (χ3v) is 3.36. The first-order valence-corrected chi connectivity index (χ1v) is 10.6. The molecule has 0 radical (unpaired) electrons. The second kappa shape index (κ2) is 25.5. The summed E-state index contributed by atoms with van der Waals surface area (Å²) < 4.78 is 42.1. The maximum Gasteiger partial charge on any atom is 0.308 e. The van der Waals surface area contributed by atoms with Gasteiger partial charge in [-0.25, -0.2) is 0 Å². The van der Waals surface area contributed by atoms with Crippen molar-refractivity contribution >= 4 is 17.6 Å². The van der Waals surface area contributed by atoms with Crippen molar-refractivity contribution in [2.24, 2.45) is 0 Å². The van der Waals surface area contributed by atoms with E-state index in [2.05, 4.69) is 0 Å². The van der Waals surface area contributed by atoms with Gasteiger partial charge in [0.15, 0.2) is 0 Å². The molecule has 0 rings (SSSR count). The summed E-state index contributed by atoms with van der Waals surface area (Å²) in [5, 5.41) is 0. The minimum absolute atomic E-state index is 0.246. The second-order valence-corrected chi connectivity index (χ2v) is 5.91. The van der Waals surface area contributed by atoms with Gasteiger partial charge in [0, 0.05) is 5.88 Å². The lowest BCUT2D eigenvalue weighted by atomic mass is 10.5. The van der Waals surface area contributed by atoms with Gasteiger partial charge in [0.2, 0.25) is 0 Å². The van der Waals surface area contributed by atoms with Gasteiger partial charge in [-0.05, 0) is 6.92 Å². The molecule has 0 unspecified atom stereocenters. The fourth-order valence-electron chi connectivity index (χ4n) is 1.86. The zero-order chi connectivity index (χ0) is 21.3. The molecule has 0 bridgehead atoms. The molecule has 0 amide bonds. The summed E-state index contributed by atoms with van der Waals surface area (Å²) in [6, 6.07) is 0. The standard InChI is InChI=1S/C19H37ClO9/c1-2-29-19(21)3-5-22-7-9-24-11-13-26-15-17-28-18-16-27-14-12-25-10-8-23-6-4-20/h2-18H2,1H3. The van der Waals surface area contributed by atoms with Crippen molar-refractivity contribution < 1.29 is 42.7 Å². The summed E-state index contributed by atoms with van der Waals surface area (Å²) in [6.45, 7) is 9.14. The van der Waals surface area contributed by atoms with Gasteiger partial charge in [0.25, 0.3) is 0 Å². The predicted octanol–water partition coefficient (Wildman–Crippen LogP) is 1.29. The fourth-order valence-corrected chi connectivity index (χ4v) is 1.97. The molecule has 0 saturated carbocycles. The van der Waals surface area contributed by atoms with Gasteiger partial charge in [-0.2, -0.15) is 0 Å². The number of ether oxygens (including phenoxy) is 8. The molecule has 0 aliphatic rings. The van der Waals surface area contributed by atoms with E-state index < -0.39 is 0 Å². The number of carbonyl (C=O) groups excluding carboxylic acids is 1. The van der Waals surface area contributed by atoms with Crippen LogP contribution in [0.25, 0.3) is 0 Å². The molecule has 0 fully saturated rings. The Morgan fingerprint density at radius 1 is 0.552 bits per heavy atom. The van der Waals surface area contributed by atoms with Crippen LogP contribution in [0.2, 0.25) is 0 Å². The second-order valence-electron chi connectivity index (χ2n) is 5.53. The molecule has 29 heavy (non-hydrogen) atoms. The maximum atomic E-state index is 11.1. The zero-order valence-corrected chi connectivity index (χ0v) is 18.3. The zero-order valence-electron chi connectivity index (χ0n) is 17.6. The SMILES string of the molecule is CCOC(=O)CCOCCOCCOCCOCCOCCOCCOCCCl. The average molecular weight is 445 g/mol. The molecular formula is C19H37ClO9. The Morgan fingerprint density at radius 2 is 0.862 bits per heavy atom. The van der Waals surface area contributed by atoms with Crippen molar-refractivity contribution in [3.63, 3.8) is 0 Å². The molecule has 0 N–H and O–H groups in total. The van der Waals surface area contributed by atoms with Crippen LogP contribution in [-0.2, 0) is 42.7 Å². The number of hydrogen-bond donors (Lipinski definition) is 0. The van der Waals surface area contributed by atoms with Crippen LogP contribution < -0.4 is 0 Å².